The van der Waals surface area contributed by atoms with Gasteiger partial charge in [-0.1, -0.05) is 13.8 Å². The van der Waals surface area contributed by atoms with E-state index in [4.69, 9.17) is 4.74 Å². The molecule has 0 unspecified atom stereocenters. The maximum absolute atomic E-state index is 5.39. The van der Waals surface area contributed by atoms with Crippen LogP contribution in [-0.2, 0) is 0 Å². The predicted molar refractivity (Wildman–Crippen MR) is 65.5 cm³/mol. The lowest BCUT2D eigenvalue weighted by molar-refractivity contribution is 0.340. The van der Waals surface area contributed by atoms with Gasteiger partial charge in [0, 0.05) is 11.7 Å². The van der Waals surface area contributed by atoms with E-state index in [1.807, 2.05) is 19.1 Å². The summed E-state index contributed by atoms with van der Waals surface area (Å²) in [7, 11) is 0. The topological polar surface area (TPSA) is 21.3 Å². The number of hydrogen-bond donors (Lipinski definition) is 1. The highest BCUT2D eigenvalue weighted by molar-refractivity contribution is 5.47. The maximum atomic E-state index is 5.39. The molecule has 0 heterocycles. The van der Waals surface area contributed by atoms with Gasteiger partial charge in [-0.25, -0.2) is 0 Å². The molecule has 2 heteroatoms. The van der Waals surface area contributed by atoms with Crippen molar-refractivity contribution >= 4 is 5.69 Å². The third-order valence-corrected chi connectivity index (χ3v) is 2.56. The smallest absolute Gasteiger partial charge is 0.119 e. The van der Waals surface area contributed by atoms with Crippen molar-refractivity contribution in [3.63, 3.8) is 0 Å². The Hall–Kier alpha value is -1.18. The number of nitrogens with one attached hydrogen (secondary N) is 1. The standard InChI is InChI=1S/C13H21NO/c1-5-15-13-8-6-12(7-9-13)14-11(4)10(2)3/h6-11,14H,5H2,1-4H3/t11-/m1/s1. The molecule has 0 fully saturated rings. The van der Waals surface area contributed by atoms with E-state index in [0.29, 0.717) is 12.0 Å². The number of anilines is 1. The second kappa shape index (κ2) is 5.64. The largest absolute Gasteiger partial charge is 0.494 e. The van der Waals surface area contributed by atoms with Crippen molar-refractivity contribution in [3.8, 4) is 5.75 Å². The van der Waals surface area contributed by atoms with Gasteiger partial charge >= 0.3 is 0 Å². The minimum absolute atomic E-state index is 0.489. The summed E-state index contributed by atoms with van der Waals surface area (Å²) in [5.41, 5.74) is 1.15. The first kappa shape index (κ1) is 11.9. The minimum Gasteiger partial charge on any atom is -0.494 e. The SMILES string of the molecule is CCOc1ccc(N[C@H](C)C(C)C)cc1. The molecule has 0 saturated carbocycles. The van der Waals surface area contributed by atoms with Crippen LogP contribution in [0, 0.1) is 5.92 Å². The van der Waals surface area contributed by atoms with Crippen molar-refractivity contribution in [2.75, 3.05) is 11.9 Å². The number of ether oxygens (including phenoxy) is 1. The van der Waals surface area contributed by atoms with Crippen molar-refractivity contribution in [3.05, 3.63) is 24.3 Å². The fourth-order valence-electron chi connectivity index (χ4n) is 1.24. The number of benzene rings is 1. The lowest BCUT2D eigenvalue weighted by Crippen LogP contribution is -2.21. The maximum Gasteiger partial charge on any atom is 0.119 e. The lowest BCUT2D eigenvalue weighted by Gasteiger charge is -2.18. The first-order valence-corrected chi connectivity index (χ1v) is 5.63. The molecular formula is C13H21NO. The average Bonchev–Trinajstić information content (AvgIpc) is 2.21. The van der Waals surface area contributed by atoms with Crippen LogP contribution in [0.4, 0.5) is 5.69 Å². The van der Waals surface area contributed by atoms with Crippen molar-refractivity contribution in [2.45, 2.75) is 33.7 Å². The Kier molecular flexibility index (Phi) is 4.47. The van der Waals surface area contributed by atoms with Crippen molar-refractivity contribution < 1.29 is 4.74 Å². The van der Waals surface area contributed by atoms with Crippen LogP contribution < -0.4 is 10.1 Å². The second-order valence-electron chi connectivity index (χ2n) is 4.13. The molecule has 1 aromatic carbocycles. The molecule has 2 nitrogen and oxygen atoms in total. The predicted octanol–water partition coefficient (Wildman–Crippen LogP) is 3.54. The van der Waals surface area contributed by atoms with Crippen LogP contribution in [0.25, 0.3) is 0 Å². The normalized spacial score (nSPS) is 12.6. The summed E-state index contributed by atoms with van der Waals surface area (Å²) >= 11 is 0. The van der Waals surface area contributed by atoms with E-state index < -0.39 is 0 Å². The zero-order valence-corrected chi connectivity index (χ0v) is 10.1. The van der Waals surface area contributed by atoms with Gasteiger partial charge in [-0.3, -0.25) is 0 Å². The molecule has 1 atom stereocenters. The van der Waals surface area contributed by atoms with E-state index in [2.05, 4.69) is 38.2 Å². The lowest BCUT2D eigenvalue weighted by atomic mass is 10.1. The number of hydrogen-bond acceptors (Lipinski definition) is 2. The van der Waals surface area contributed by atoms with Crippen LogP contribution in [-0.4, -0.2) is 12.6 Å². The molecule has 15 heavy (non-hydrogen) atoms. The Bertz CT molecular complexity index is 279. The van der Waals surface area contributed by atoms with E-state index in [9.17, 15) is 0 Å². The van der Waals surface area contributed by atoms with Crippen LogP contribution in [0.1, 0.15) is 27.7 Å². The van der Waals surface area contributed by atoms with Crippen LogP contribution in [0.2, 0.25) is 0 Å². The van der Waals surface area contributed by atoms with Gasteiger partial charge in [-0.15, -0.1) is 0 Å². The molecule has 0 aliphatic heterocycles. The minimum atomic E-state index is 0.489. The van der Waals surface area contributed by atoms with Gasteiger partial charge in [0.15, 0.2) is 0 Å². The van der Waals surface area contributed by atoms with Gasteiger partial charge in [0.25, 0.3) is 0 Å². The quantitative estimate of drug-likeness (QED) is 0.797. The summed E-state index contributed by atoms with van der Waals surface area (Å²) in [5, 5.41) is 3.46. The molecule has 0 amide bonds. The van der Waals surface area contributed by atoms with Crippen LogP contribution >= 0.6 is 0 Å². The highest BCUT2D eigenvalue weighted by Crippen LogP contribution is 2.17. The summed E-state index contributed by atoms with van der Waals surface area (Å²) in [5.74, 6) is 1.57. The van der Waals surface area contributed by atoms with Crippen molar-refractivity contribution in [1.29, 1.82) is 0 Å². The average molecular weight is 207 g/mol. The van der Waals surface area contributed by atoms with Gasteiger partial charge < -0.3 is 10.1 Å². The molecule has 0 spiro atoms. The van der Waals surface area contributed by atoms with Crippen molar-refractivity contribution in [2.24, 2.45) is 5.92 Å². The molecule has 0 bridgehead atoms. The molecule has 0 radical (unpaired) electrons. The third-order valence-electron chi connectivity index (χ3n) is 2.56. The molecule has 84 valence electrons. The van der Waals surface area contributed by atoms with E-state index in [-0.39, 0.29) is 0 Å². The Labute approximate surface area is 92.6 Å². The zero-order chi connectivity index (χ0) is 11.3. The van der Waals surface area contributed by atoms with Gasteiger partial charge in [0.1, 0.15) is 5.75 Å². The van der Waals surface area contributed by atoms with Gasteiger partial charge in [0.2, 0.25) is 0 Å². The van der Waals surface area contributed by atoms with Crippen LogP contribution in [0.5, 0.6) is 5.75 Å². The second-order valence-corrected chi connectivity index (χ2v) is 4.13. The Morgan fingerprint density at radius 2 is 1.73 bits per heavy atom. The van der Waals surface area contributed by atoms with Crippen LogP contribution in [0.3, 0.4) is 0 Å². The summed E-state index contributed by atoms with van der Waals surface area (Å²) in [6, 6.07) is 8.61. The van der Waals surface area contributed by atoms with Gasteiger partial charge in [0.05, 0.1) is 6.61 Å². The summed E-state index contributed by atoms with van der Waals surface area (Å²) in [4.78, 5) is 0. The Morgan fingerprint density at radius 1 is 1.13 bits per heavy atom. The van der Waals surface area contributed by atoms with Crippen molar-refractivity contribution in [1.82, 2.24) is 0 Å². The highest BCUT2D eigenvalue weighted by atomic mass is 16.5. The Morgan fingerprint density at radius 3 is 2.20 bits per heavy atom. The van der Waals surface area contributed by atoms with E-state index in [1.165, 1.54) is 0 Å². The summed E-state index contributed by atoms with van der Waals surface area (Å²) in [6.07, 6.45) is 0. The summed E-state index contributed by atoms with van der Waals surface area (Å²) in [6.45, 7) is 9.34. The fourth-order valence-corrected chi connectivity index (χ4v) is 1.24. The molecule has 0 aliphatic carbocycles. The van der Waals surface area contributed by atoms with Gasteiger partial charge in [-0.2, -0.15) is 0 Å². The Balaban J connectivity index is 2.56. The summed E-state index contributed by atoms with van der Waals surface area (Å²) < 4.78 is 5.39. The monoisotopic (exact) mass is 207 g/mol. The first-order valence-electron chi connectivity index (χ1n) is 5.63. The van der Waals surface area contributed by atoms with E-state index in [0.717, 1.165) is 18.0 Å². The van der Waals surface area contributed by atoms with E-state index >= 15 is 0 Å². The molecule has 1 N–H and O–H groups in total. The van der Waals surface area contributed by atoms with E-state index in [1.54, 1.807) is 0 Å². The van der Waals surface area contributed by atoms with Crippen LogP contribution in [0.15, 0.2) is 24.3 Å². The fraction of sp³-hybridized carbons (Fsp3) is 0.538. The third kappa shape index (κ3) is 3.82. The molecule has 0 saturated heterocycles. The number of rotatable bonds is 5. The first-order chi connectivity index (χ1) is 7.13. The molecule has 1 rings (SSSR count). The molecular weight excluding hydrogens is 186 g/mol. The zero-order valence-electron chi connectivity index (χ0n) is 10.1. The molecule has 0 aliphatic rings. The van der Waals surface area contributed by atoms with Gasteiger partial charge in [-0.05, 0) is 44.0 Å². The highest BCUT2D eigenvalue weighted by Gasteiger charge is 2.05. The molecule has 1 aromatic rings. The molecule has 0 aromatic heterocycles.